The smallest absolute Gasteiger partial charge is 0.136 e. The van der Waals surface area contributed by atoms with Crippen LogP contribution in [0.4, 0.5) is 0 Å². The summed E-state index contributed by atoms with van der Waals surface area (Å²) in [5, 5.41) is 13.6. The van der Waals surface area contributed by atoms with E-state index in [1.54, 1.807) is 0 Å². The van der Waals surface area contributed by atoms with Crippen LogP contribution in [0.25, 0.3) is 11.0 Å². The molecule has 2 aromatic rings. The van der Waals surface area contributed by atoms with Gasteiger partial charge >= 0.3 is 0 Å². The van der Waals surface area contributed by atoms with Gasteiger partial charge in [0.25, 0.3) is 0 Å². The molecule has 1 N–H and O–H groups in total. The fourth-order valence-electron chi connectivity index (χ4n) is 1.49. The molecule has 3 nitrogen and oxygen atoms in total. The quantitative estimate of drug-likeness (QED) is 0.510. The second kappa shape index (κ2) is 3.18. The molecule has 0 spiro atoms. The minimum atomic E-state index is 0.587. The molecule has 0 aliphatic carbocycles. The van der Waals surface area contributed by atoms with E-state index in [1.807, 2.05) is 38.1 Å². The number of rotatable bonds is 0. The van der Waals surface area contributed by atoms with Crippen LogP contribution in [0, 0.1) is 13.8 Å². The van der Waals surface area contributed by atoms with Crippen molar-refractivity contribution in [1.29, 1.82) is 0 Å². The molecule has 1 aromatic heterocycles. The monoisotopic (exact) mass is 189 g/mol. The number of nitrogens with zero attached hydrogens (tertiary/aromatic N) is 1. The van der Waals surface area contributed by atoms with Crippen molar-refractivity contribution in [2.45, 2.75) is 13.8 Å². The van der Waals surface area contributed by atoms with Crippen LogP contribution in [0.2, 0.25) is 0 Å². The molecule has 0 unspecified atom stereocenters. The third kappa shape index (κ3) is 1.18. The number of aryl methyl sites for hydroxylation is 1. The van der Waals surface area contributed by atoms with Gasteiger partial charge in [-0.1, -0.05) is 17.3 Å². The molecule has 0 saturated heterocycles. The number of hydrogen-bond donors (Lipinski definition) is 1. The number of hydrogen-bond acceptors (Lipinski definition) is 3. The van der Waals surface area contributed by atoms with Crippen LogP contribution >= 0.6 is 0 Å². The van der Waals surface area contributed by atoms with Crippen molar-refractivity contribution < 1.29 is 9.62 Å². The van der Waals surface area contributed by atoms with Crippen molar-refractivity contribution in [3.05, 3.63) is 40.9 Å². The molecule has 2 rings (SSSR count). The van der Waals surface area contributed by atoms with Crippen LogP contribution in [0.5, 0.6) is 0 Å². The highest BCUT2D eigenvalue weighted by Crippen LogP contribution is 2.13. The van der Waals surface area contributed by atoms with Crippen molar-refractivity contribution in [3.8, 4) is 0 Å². The van der Waals surface area contributed by atoms with E-state index in [0.29, 0.717) is 5.36 Å². The predicted molar refractivity (Wildman–Crippen MR) is 53.0 cm³/mol. The highest BCUT2D eigenvalue weighted by molar-refractivity contribution is 5.76. The maximum atomic E-state index is 8.92. The molecule has 1 heterocycles. The van der Waals surface area contributed by atoms with Gasteiger partial charge in [0.05, 0.1) is 0 Å². The Labute approximate surface area is 81.3 Å². The first kappa shape index (κ1) is 8.81. The van der Waals surface area contributed by atoms with Crippen molar-refractivity contribution in [3.63, 3.8) is 0 Å². The molecular weight excluding hydrogens is 178 g/mol. The zero-order chi connectivity index (χ0) is 10.1. The molecule has 0 saturated carbocycles. The predicted octanol–water partition coefficient (Wildman–Crippen LogP) is 2.34. The summed E-state index contributed by atoms with van der Waals surface area (Å²) in [5.74, 6) is 0.775. The maximum Gasteiger partial charge on any atom is 0.136 e. The fourth-order valence-corrected chi connectivity index (χ4v) is 1.49. The van der Waals surface area contributed by atoms with Crippen LogP contribution in [-0.4, -0.2) is 5.21 Å². The first-order chi connectivity index (χ1) is 6.74. The van der Waals surface area contributed by atoms with Crippen molar-refractivity contribution >= 4 is 11.0 Å². The summed E-state index contributed by atoms with van der Waals surface area (Å²) >= 11 is 0. The van der Waals surface area contributed by atoms with Crippen LogP contribution in [-0.2, 0) is 0 Å². The third-order valence-electron chi connectivity index (χ3n) is 2.39. The highest BCUT2D eigenvalue weighted by Gasteiger charge is 2.04. The van der Waals surface area contributed by atoms with Gasteiger partial charge in [-0.2, -0.15) is 0 Å². The van der Waals surface area contributed by atoms with E-state index in [-0.39, 0.29) is 0 Å². The standard InChI is InChI=1S/C11H11NO2/c1-7-8(2)14-10-6-4-3-5-9(10)11(7)12-13/h3-6,13H,1-2H3/b12-11+. The topological polar surface area (TPSA) is 45.7 Å². The first-order valence-electron chi connectivity index (χ1n) is 4.41. The van der Waals surface area contributed by atoms with Crippen molar-refractivity contribution in [1.82, 2.24) is 0 Å². The molecule has 0 atom stereocenters. The molecule has 0 aliphatic heterocycles. The Hall–Kier alpha value is -1.77. The molecule has 0 fully saturated rings. The van der Waals surface area contributed by atoms with Crippen molar-refractivity contribution in [2.24, 2.45) is 5.16 Å². The lowest BCUT2D eigenvalue weighted by Crippen LogP contribution is -2.09. The molecule has 0 amide bonds. The second-order valence-corrected chi connectivity index (χ2v) is 3.23. The Balaban J connectivity index is 3.05. The molecule has 72 valence electrons. The average Bonchev–Trinajstić information content (AvgIpc) is 2.20. The van der Waals surface area contributed by atoms with E-state index in [9.17, 15) is 0 Å². The van der Waals surface area contributed by atoms with E-state index < -0.39 is 0 Å². The fraction of sp³-hybridized carbons (Fsp3) is 0.182. The summed E-state index contributed by atoms with van der Waals surface area (Å²) in [6.45, 7) is 3.73. The van der Waals surface area contributed by atoms with Crippen LogP contribution in [0.15, 0.2) is 33.8 Å². The Morgan fingerprint density at radius 3 is 2.64 bits per heavy atom. The zero-order valence-electron chi connectivity index (χ0n) is 8.11. The summed E-state index contributed by atoms with van der Waals surface area (Å²) in [6.07, 6.45) is 0. The lowest BCUT2D eigenvalue weighted by molar-refractivity contribution is 0.301. The van der Waals surface area contributed by atoms with E-state index >= 15 is 0 Å². The summed E-state index contributed by atoms with van der Waals surface area (Å²) in [4.78, 5) is 0. The maximum absolute atomic E-state index is 8.92. The van der Waals surface area contributed by atoms with E-state index in [4.69, 9.17) is 9.62 Å². The van der Waals surface area contributed by atoms with Crippen LogP contribution in [0.1, 0.15) is 11.3 Å². The van der Waals surface area contributed by atoms with Gasteiger partial charge in [-0.25, -0.2) is 0 Å². The van der Waals surface area contributed by atoms with E-state index in [1.165, 1.54) is 0 Å². The van der Waals surface area contributed by atoms with Crippen LogP contribution in [0.3, 0.4) is 0 Å². The van der Waals surface area contributed by atoms with Gasteiger partial charge in [-0.3, -0.25) is 0 Å². The molecule has 0 bridgehead atoms. The van der Waals surface area contributed by atoms with Gasteiger partial charge in [0.2, 0.25) is 0 Å². The molecule has 3 heteroatoms. The van der Waals surface area contributed by atoms with Gasteiger partial charge in [-0.15, -0.1) is 0 Å². The second-order valence-electron chi connectivity index (χ2n) is 3.23. The molecule has 14 heavy (non-hydrogen) atoms. The third-order valence-corrected chi connectivity index (χ3v) is 2.39. The van der Waals surface area contributed by atoms with Gasteiger partial charge < -0.3 is 9.62 Å². The number of benzene rings is 1. The molecular formula is C11H11NO2. The summed E-state index contributed by atoms with van der Waals surface area (Å²) in [6, 6.07) is 7.51. The minimum Gasteiger partial charge on any atom is -0.461 e. The first-order valence-corrected chi connectivity index (χ1v) is 4.41. The van der Waals surface area contributed by atoms with Gasteiger partial charge in [0.1, 0.15) is 16.7 Å². The SMILES string of the molecule is Cc1oc2ccccc2/c(=N/O)c1C. The van der Waals surface area contributed by atoms with Gasteiger partial charge in [0, 0.05) is 10.9 Å². The van der Waals surface area contributed by atoms with Gasteiger partial charge in [-0.05, 0) is 26.0 Å². The largest absolute Gasteiger partial charge is 0.461 e. The minimum absolute atomic E-state index is 0.587. The average molecular weight is 189 g/mol. The van der Waals surface area contributed by atoms with Crippen molar-refractivity contribution in [2.75, 3.05) is 0 Å². The van der Waals surface area contributed by atoms with Gasteiger partial charge in [0.15, 0.2) is 0 Å². The lowest BCUT2D eigenvalue weighted by Gasteiger charge is -2.03. The highest BCUT2D eigenvalue weighted by atomic mass is 16.4. The zero-order valence-corrected chi connectivity index (χ0v) is 8.11. The Morgan fingerprint density at radius 2 is 1.93 bits per heavy atom. The normalized spacial score (nSPS) is 12.3. The van der Waals surface area contributed by atoms with Crippen LogP contribution < -0.4 is 5.36 Å². The Morgan fingerprint density at radius 1 is 1.21 bits per heavy atom. The molecule has 1 aromatic carbocycles. The summed E-state index contributed by atoms with van der Waals surface area (Å²) in [7, 11) is 0. The van der Waals surface area contributed by atoms with E-state index in [0.717, 1.165) is 22.3 Å². The summed E-state index contributed by atoms with van der Waals surface area (Å²) < 4.78 is 5.56. The Kier molecular flexibility index (Phi) is 2.00. The lowest BCUT2D eigenvalue weighted by atomic mass is 10.1. The summed E-state index contributed by atoms with van der Waals surface area (Å²) in [5.41, 5.74) is 1.61. The number of para-hydroxylation sites is 1. The Bertz CT molecular complexity index is 540. The molecule has 0 radical (unpaired) electrons. The molecule has 0 aliphatic rings. The van der Waals surface area contributed by atoms with E-state index in [2.05, 4.69) is 5.16 Å². The number of fused-ring (bicyclic) bond motifs is 1.